The third-order valence-corrected chi connectivity index (χ3v) is 3.64. The third kappa shape index (κ3) is 2.93. The van der Waals surface area contributed by atoms with Crippen LogP contribution in [0.3, 0.4) is 0 Å². The topological polar surface area (TPSA) is 48.4 Å². The van der Waals surface area contributed by atoms with E-state index in [1.807, 2.05) is 45.8 Å². The summed E-state index contributed by atoms with van der Waals surface area (Å²) in [7, 11) is -0.377. The highest BCUT2D eigenvalue weighted by molar-refractivity contribution is 6.52. The Labute approximate surface area is 114 Å². The number of hydrogen-bond acceptors (Lipinski definition) is 4. The van der Waals surface area contributed by atoms with Gasteiger partial charge in [0.2, 0.25) is 0 Å². The van der Waals surface area contributed by atoms with Gasteiger partial charge < -0.3 is 9.31 Å². The van der Waals surface area contributed by atoms with Gasteiger partial charge >= 0.3 is 7.12 Å². The molecule has 1 aromatic rings. The van der Waals surface area contributed by atoms with Crippen LogP contribution in [0.5, 0.6) is 0 Å². The number of pyridine rings is 1. The molecule has 2 heterocycles. The monoisotopic (exact) mass is 259 g/mol. The van der Waals surface area contributed by atoms with Gasteiger partial charge in [-0.25, -0.2) is 0 Å². The molecule has 1 fully saturated rings. The molecule has 0 saturated carbocycles. The van der Waals surface area contributed by atoms with Gasteiger partial charge in [-0.2, -0.15) is 0 Å². The summed E-state index contributed by atoms with van der Waals surface area (Å²) < 4.78 is 11.7. The van der Waals surface area contributed by atoms with E-state index in [-0.39, 0.29) is 18.3 Å². The molecule has 2 rings (SSSR count). The average molecular weight is 259 g/mol. The Hall–Kier alpha value is -1.46. The van der Waals surface area contributed by atoms with Crippen molar-refractivity contribution in [3.05, 3.63) is 35.6 Å². The van der Waals surface area contributed by atoms with Crippen molar-refractivity contribution in [2.24, 2.45) is 0 Å². The molecule has 1 saturated heterocycles. The van der Waals surface area contributed by atoms with E-state index in [1.54, 1.807) is 12.3 Å². The predicted molar refractivity (Wildman–Crippen MR) is 74.7 cm³/mol. The molecule has 1 aromatic heterocycles. The van der Waals surface area contributed by atoms with Crippen molar-refractivity contribution in [2.75, 3.05) is 0 Å². The summed E-state index contributed by atoms with van der Waals surface area (Å²) in [5.41, 5.74) is 0.630. The normalized spacial score (nSPS) is 20.9. The quantitative estimate of drug-likeness (QED) is 0.618. The Morgan fingerprint density at radius 3 is 2.42 bits per heavy atom. The molecule has 100 valence electrons. The van der Waals surface area contributed by atoms with Gasteiger partial charge in [0.1, 0.15) is 5.69 Å². The molecule has 1 aliphatic rings. The maximum Gasteiger partial charge on any atom is 0.487 e. The van der Waals surface area contributed by atoms with Crippen LogP contribution in [-0.4, -0.2) is 29.6 Å². The molecule has 0 spiro atoms. The molecule has 0 aromatic carbocycles. The fraction of sp³-hybridized carbons (Fsp3) is 0.429. The standard InChI is InChI=1S/C14H18BNO3/c1-13(2)14(3,4)19-15(18-13)7-5-11-6-8-16-12(9-11)10-17/h5-10H,1-4H3/b7-5+. The highest BCUT2D eigenvalue weighted by atomic mass is 16.7. The molecule has 19 heavy (non-hydrogen) atoms. The van der Waals surface area contributed by atoms with Crippen molar-refractivity contribution in [1.82, 2.24) is 4.98 Å². The number of aldehydes is 1. The average Bonchev–Trinajstić information content (AvgIpc) is 2.56. The first-order valence-electron chi connectivity index (χ1n) is 6.29. The van der Waals surface area contributed by atoms with E-state index in [0.717, 1.165) is 11.8 Å². The van der Waals surface area contributed by atoms with Crippen LogP contribution in [-0.2, 0) is 9.31 Å². The van der Waals surface area contributed by atoms with Gasteiger partial charge in [0, 0.05) is 6.20 Å². The number of nitrogens with zero attached hydrogens (tertiary/aromatic N) is 1. The summed E-state index contributed by atoms with van der Waals surface area (Å²) in [5.74, 6) is 1.85. The summed E-state index contributed by atoms with van der Waals surface area (Å²) in [6, 6.07) is 3.55. The van der Waals surface area contributed by atoms with Gasteiger partial charge in [0.15, 0.2) is 6.29 Å². The molecular weight excluding hydrogens is 241 g/mol. The lowest BCUT2D eigenvalue weighted by Crippen LogP contribution is -2.41. The van der Waals surface area contributed by atoms with E-state index in [1.165, 1.54) is 0 Å². The van der Waals surface area contributed by atoms with E-state index in [2.05, 4.69) is 4.98 Å². The van der Waals surface area contributed by atoms with Gasteiger partial charge in [-0.3, -0.25) is 9.78 Å². The van der Waals surface area contributed by atoms with E-state index >= 15 is 0 Å². The molecule has 5 heteroatoms. The van der Waals surface area contributed by atoms with Crippen LogP contribution >= 0.6 is 0 Å². The van der Waals surface area contributed by atoms with Crippen LogP contribution in [0.25, 0.3) is 6.08 Å². The number of hydrogen-bond donors (Lipinski definition) is 0. The van der Waals surface area contributed by atoms with Gasteiger partial charge in [0.05, 0.1) is 11.2 Å². The highest BCUT2D eigenvalue weighted by Gasteiger charge is 2.49. The molecule has 1 aliphatic heterocycles. The Balaban J connectivity index is 2.10. The minimum atomic E-state index is -0.377. The maximum absolute atomic E-state index is 10.7. The van der Waals surface area contributed by atoms with Gasteiger partial charge in [-0.05, 0) is 45.4 Å². The van der Waals surface area contributed by atoms with Crippen LogP contribution in [0.1, 0.15) is 43.7 Å². The fourth-order valence-electron chi connectivity index (χ4n) is 1.79. The summed E-state index contributed by atoms with van der Waals surface area (Å²) >= 11 is 0. The summed E-state index contributed by atoms with van der Waals surface area (Å²) in [6.07, 6.45) is 4.20. The highest BCUT2D eigenvalue weighted by Crippen LogP contribution is 2.36. The number of aromatic nitrogens is 1. The molecule has 0 N–H and O–H groups in total. The zero-order chi connectivity index (χ0) is 14.1. The van der Waals surface area contributed by atoms with Gasteiger partial charge in [0.25, 0.3) is 0 Å². The fourth-order valence-corrected chi connectivity index (χ4v) is 1.79. The lowest BCUT2D eigenvalue weighted by Gasteiger charge is -2.32. The Morgan fingerprint density at radius 1 is 1.21 bits per heavy atom. The zero-order valence-corrected chi connectivity index (χ0v) is 11.7. The number of carbonyl (C=O) groups excluding carboxylic acids is 1. The van der Waals surface area contributed by atoms with Crippen LogP contribution in [0.4, 0.5) is 0 Å². The second kappa shape index (κ2) is 4.91. The van der Waals surface area contributed by atoms with Crippen LogP contribution in [0, 0.1) is 0 Å². The molecule has 0 bridgehead atoms. The first-order valence-corrected chi connectivity index (χ1v) is 6.29. The van der Waals surface area contributed by atoms with Crippen LogP contribution in [0.2, 0.25) is 0 Å². The van der Waals surface area contributed by atoms with E-state index in [0.29, 0.717) is 5.69 Å². The van der Waals surface area contributed by atoms with Crippen LogP contribution < -0.4 is 0 Å². The minimum Gasteiger partial charge on any atom is -0.400 e. The van der Waals surface area contributed by atoms with Crippen molar-refractivity contribution >= 4 is 19.5 Å². The van der Waals surface area contributed by atoms with E-state index < -0.39 is 0 Å². The third-order valence-electron chi connectivity index (χ3n) is 3.64. The molecule has 0 amide bonds. The number of rotatable bonds is 3. The van der Waals surface area contributed by atoms with Gasteiger partial charge in [-0.15, -0.1) is 0 Å². The Morgan fingerprint density at radius 2 is 1.84 bits per heavy atom. The smallest absolute Gasteiger partial charge is 0.400 e. The van der Waals surface area contributed by atoms with Crippen molar-refractivity contribution in [3.8, 4) is 0 Å². The van der Waals surface area contributed by atoms with E-state index in [9.17, 15) is 4.79 Å². The summed E-state index contributed by atoms with van der Waals surface area (Å²) in [4.78, 5) is 14.6. The lowest BCUT2D eigenvalue weighted by atomic mass is 9.89. The van der Waals surface area contributed by atoms with Crippen molar-refractivity contribution in [2.45, 2.75) is 38.9 Å². The SMILES string of the molecule is CC1(C)OB(/C=C/c2ccnc(C=O)c2)OC1(C)C. The van der Waals surface area contributed by atoms with Crippen molar-refractivity contribution < 1.29 is 14.1 Å². The predicted octanol–water partition coefficient (Wildman–Crippen LogP) is 2.54. The second-order valence-corrected chi connectivity index (χ2v) is 5.62. The summed E-state index contributed by atoms with van der Waals surface area (Å²) in [6.45, 7) is 8.05. The van der Waals surface area contributed by atoms with Crippen molar-refractivity contribution in [1.29, 1.82) is 0 Å². The maximum atomic E-state index is 10.7. The van der Waals surface area contributed by atoms with Gasteiger partial charge in [-0.1, -0.05) is 12.1 Å². The lowest BCUT2D eigenvalue weighted by molar-refractivity contribution is 0.00578. The molecular formula is C14H18BNO3. The molecule has 0 aliphatic carbocycles. The second-order valence-electron chi connectivity index (χ2n) is 5.62. The molecule has 0 radical (unpaired) electrons. The van der Waals surface area contributed by atoms with Crippen LogP contribution in [0.15, 0.2) is 24.3 Å². The largest absolute Gasteiger partial charge is 0.487 e. The summed E-state index contributed by atoms with van der Waals surface area (Å²) in [5, 5.41) is 0. The Kier molecular flexibility index (Phi) is 3.61. The first kappa shape index (κ1) is 14.0. The van der Waals surface area contributed by atoms with Crippen molar-refractivity contribution in [3.63, 3.8) is 0 Å². The minimum absolute atomic E-state index is 0.339. The molecule has 4 nitrogen and oxygen atoms in total. The van der Waals surface area contributed by atoms with E-state index in [4.69, 9.17) is 9.31 Å². The Bertz CT molecular complexity index is 495. The number of carbonyl (C=O) groups is 1. The molecule has 0 unspecified atom stereocenters. The first-order chi connectivity index (χ1) is 8.84. The zero-order valence-electron chi connectivity index (χ0n) is 11.7. The molecule has 0 atom stereocenters.